The maximum atomic E-state index is 12.1. The van der Waals surface area contributed by atoms with Crippen LogP contribution in [-0.4, -0.2) is 11.8 Å². The summed E-state index contributed by atoms with van der Waals surface area (Å²) in [6.07, 6.45) is 3.40. The average Bonchev–Trinajstić information content (AvgIpc) is 2.56. The number of primary amides is 1. The molecular weight excluding hydrogens is 288 g/mol. The molecule has 0 aliphatic heterocycles. The number of nitrogens with two attached hydrogens (primary N) is 1. The standard InChI is InChI=1S/C18H16N4O/c1-13-7-3-4-8-15(13)16(14(11-19)12-20)17(18(21)23)22-9-5-2-6-10-22/h2-10,16-17H,1H3,(H2,21,23)/t16-,17-/m1/s1. The Labute approximate surface area is 134 Å². The molecule has 2 aromatic rings. The summed E-state index contributed by atoms with van der Waals surface area (Å²) in [5, 5.41) is 18.7. The number of aromatic nitrogens is 1. The molecule has 0 bridgehead atoms. The Hall–Kier alpha value is -3.22. The highest BCUT2D eigenvalue weighted by molar-refractivity contribution is 5.81. The van der Waals surface area contributed by atoms with E-state index in [1.54, 1.807) is 29.1 Å². The molecule has 1 aromatic heterocycles. The third-order valence-electron chi connectivity index (χ3n) is 3.74. The van der Waals surface area contributed by atoms with Gasteiger partial charge in [0.05, 0.1) is 11.5 Å². The molecule has 0 radical (unpaired) electrons. The first-order valence-electron chi connectivity index (χ1n) is 7.07. The smallest absolute Gasteiger partial charge is 0.287 e. The van der Waals surface area contributed by atoms with E-state index in [2.05, 4.69) is 0 Å². The number of nitrogens with zero attached hydrogens (tertiary/aromatic N) is 3. The van der Waals surface area contributed by atoms with Crippen molar-refractivity contribution in [1.29, 1.82) is 5.26 Å². The van der Waals surface area contributed by atoms with Crippen molar-refractivity contribution >= 4 is 11.8 Å². The second kappa shape index (κ2) is 7.17. The van der Waals surface area contributed by atoms with Crippen molar-refractivity contribution in [3.63, 3.8) is 0 Å². The molecule has 114 valence electrons. The number of carbonyl (C=O) groups excluding carboxylic acids is 1. The fraction of sp³-hybridized carbons (Fsp3) is 0.167. The van der Waals surface area contributed by atoms with E-state index in [-0.39, 0.29) is 5.57 Å². The molecule has 0 saturated carbocycles. The van der Waals surface area contributed by atoms with Gasteiger partial charge in [-0.05, 0) is 18.1 Å². The number of allylic oxidation sites excluding steroid dienone is 1. The van der Waals surface area contributed by atoms with E-state index in [0.717, 1.165) is 11.1 Å². The fourth-order valence-electron chi connectivity index (χ4n) is 2.66. The van der Waals surface area contributed by atoms with Gasteiger partial charge in [0.2, 0.25) is 6.04 Å². The van der Waals surface area contributed by atoms with Crippen molar-refractivity contribution in [2.75, 3.05) is 0 Å². The minimum Gasteiger partial charge on any atom is -0.762 e. The van der Waals surface area contributed by atoms with Gasteiger partial charge in [-0.3, -0.25) is 10.7 Å². The molecule has 0 spiro atoms. The first-order chi connectivity index (χ1) is 11.1. The summed E-state index contributed by atoms with van der Waals surface area (Å²) in [5.74, 6) is 0.592. The van der Waals surface area contributed by atoms with Gasteiger partial charge in [-0.25, -0.2) is 0 Å². The molecule has 1 amide bonds. The molecule has 23 heavy (non-hydrogen) atoms. The number of carbonyl (C=O) groups is 1. The third-order valence-corrected chi connectivity index (χ3v) is 3.74. The highest BCUT2D eigenvalue weighted by atomic mass is 16.1. The van der Waals surface area contributed by atoms with Crippen molar-refractivity contribution in [1.82, 2.24) is 0 Å². The molecule has 0 saturated heterocycles. The number of hydrogen-bond acceptors (Lipinski definition) is 2. The number of hydrogen-bond donors (Lipinski definition) is 1. The van der Waals surface area contributed by atoms with Gasteiger partial charge in [-0.2, -0.15) is 9.83 Å². The van der Waals surface area contributed by atoms with Gasteiger partial charge in [0, 0.05) is 12.1 Å². The van der Waals surface area contributed by atoms with E-state index < -0.39 is 17.9 Å². The van der Waals surface area contributed by atoms with Crippen molar-refractivity contribution in [2.24, 2.45) is 5.73 Å². The van der Waals surface area contributed by atoms with Crippen LogP contribution in [-0.2, 0) is 4.79 Å². The van der Waals surface area contributed by atoms with Crippen LogP contribution in [0.3, 0.4) is 0 Å². The minimum absolute atomic E-state index is 0.0422. The van der Waals surface area contributed by atoms with Crippen LogP contribution < -0.4 is 10.3 Å². The zero-order valence-electron chi connectivity index (χ0n) is 12.7. The monoisotopic (exact) mass is 304 g/mol. The van der Waals surface area contributed by atoms with Crippen LogP contribution in [0, 0.1) is 18.3 Å². The van der Waals surface area contributed by atoms with Gasteiger partial charge in [0.15, 0.2) is 12.4 Å². The molecule has 0 unspecified atom stereocenters. The van der Waals surface area contributed by atoms with Crippen molar-refractivity contribution in [3.05, 3.63) is 77.0 Å². The highest BCUT2D eigenvalue weighted by Crippen LogP contribution is 2.33. The maximum Gasteiger partial charge on any atom is 0.287 e. The van der Waals surface area contributed by atoms with Crippen LogP contribution in [0.1, 0.15) is 23.1 Å². The van der Waals surface area contributed by atoms with Gasteiger partial charge in [-0.15, -0.1) is 0 Å². The molecule has 2 rings (SSSR count). The van der Waals surface area contributed by atoms with Crippen LogP contribution in [0.2, 0.25) is 0 Å². The van der Waals surface area contributed by atoms with Gasteiger partial charge in [0.25, 0.3) is 5.91 Å². The number of aryl methyl sites for hydroxylation is 1. The maximum absolute atomic E-state index is 12.1. The molecule has 1 aromatic carbocycles. The van der Waals surface area contributed by atoms with Crippen LogP contribution in [0.15, 0.2) is 60.4 Å². The Morgan fingerprint density at radius 1 is 1.22 bits per heavy atom. The second-order valence-corrected chi connectivity index (χ2v) is 5.14. The predicted molar refractivity (Wildman–Crippen MR) is 86.3 cm³/mol. The summed E-state index contributed by atoms with van der Waals surface area (Å²) in [6, 6.07) is 13.8. The van der Waals surface area contributed by atoms with Crippen molar-refractivity contribution in [3.8, 4) is 6.07 Å². The van der Waals surface area contributed by atoms with Crippen molar-refractivity contribution in [2.45, 2.75) is 18.9 Å². The second-order valence-electron chi connectivity index (χ2n) is 5.14. The number of rotatable bonds is 5. The quantitative estimate of drug-likeness (QED) is 0.518. The predicted octanol–water partition coefficient (Wildman–Crippen LogP) is 1.78. The van der Waals surface area contributed by atoms with E-state index in [0.29, 0.717) is 0 Å². The lowest BCUT2D eigenvalue weighted by Crippen LogP contribution is -2.49. The summed E-state index contributed by atoms with van der Waals surface area (Å²) in [7, 11) is 0. The van der Waals surface area contributed by atoms with Crippen LogP contribution >= 0.6 is 0 Å². The first kappa shape index (κ1) is 16.2. The van der Waals surface area contributed by atoms with E-state index in [1.807, 2.05) is 49.2 Å². The van der Waals surface area contributed by atoms with Crippen LogP contribution in [0.5, 0.6) is 0 Å². The average molecular weight is 304 g/mol. The molecule has 0 aliphatic rings. The Kier molecular flexibility index (Phi) is 5.03. The van der Waals surface area contributed by atoms with E-state index >= 15 is 0 Å². The SMILES string of the molecule is Cc1ccccc1[C@@H](C(=C=[N-])C#N)[C@H](C(N)=O)[n+]1ccccc1. The molecule has 5 nitrogen and oxygen atoms in total. The number of pyridine rings is 1. The Balaban J connectivity index is 2.70. The van der Waals surface area contributed by atoms with Gasteiger partial charge in [0.1, 0.15) is 6.07 Å². The molecule has 0 fully saturated rings. The third kappa shape index (κ3) is 3.34. The summed E-state index contributed by atoms with van der Waals surface area (Å²) in [6.45, 7) is 1.88. The lowest BCUT2D eigenvalue weighted by molar-refractivity contribution is -0.711. The molecular formula is C18H16N4O. The van der Waals surface area contributed by atoms with E-state index in [1.165, 1.54) is 0 Å². The van der Waals surface area contributed by atoms with Crippen LogP contribution in [0.4, 0.5) is 0 Å². The summed E-state index contributed by atoms with van der Waals surface area (Å²) >= 11 is 0. The molecule has 2 atom stereocenters. The molecule has 2 N–H and O–H groups in total. The van der Waals surface area contributed by atoms with E-state index in [9.17, 15) is 15.5 Å². The molecule has 1 heterocycles. The van der Waals surface area contributed by atoms with E-state index in [4.69, 9.17) is 5.73 Å². The first-order valence-corrected chi connectivity index (χ1v) is 7.07. The zero-order chi connectivity index (χ0) is 16.8. The topological polar surface area (TPSA) is 93.1 Å². The molecule has 0 aliphatic carbocycles. The van der Waals surface area contributed by atoms with Gasteiger partial charge < -0.3 is 11.1 Å². The number of benzene rings is 1. The van der Waals surface area contributed by atoms with Gasteiger partial charge >= 0.3 is 0 Å². The minimum atomic E-state index is -0.855. The zero-order valence-corrected chi connectivity index (χ0v) is 12.7. The summed E-state index contributed by atoms with van der Waals surface area (Å²) in [4.78, 5) is 12.1. The molecule has 5 heteroatoms. The Bertz CT molecular complexity index is 801. The van der Waals surface area contributed by atoms with Crippen molar-refractivity contribution < 1.29 is 9.36 Å². The Morgan fingerprint density at radius 3 is 2.39 bits per heavy atom. The van der Waals surface area contributed by atoms with Gasteiger partial charge in [-0.1, -0.05) is 30.3 Å². The Morgan fingerprint density at radius 2 is 1.87 bits per heavy atom. The summed E-state index contributed by atoms with van der Waals surface area (Å²) < 4.78 is 1.63. The highest BCUT2D eigenvalue weighted by Gasteiger charge is 2.38. The number of amides is 1. The lowest BCUT2D eigenvalue weighted by atomic mass is 9.83. The lowest BCUT2D eigenvalue weighted by Gasteiger charge is -2.22. The largest absolute Gasteiger partial charge is 0.762 e. The normalized spacial score (nSPS) is 12.5. The summed E-state index contributed by atoms with van der Waals surface area (Å²) in [5.41, 5.74) is 7.20. The number of nitriles is 1. The fourth-order valence-corrected chi connectivity index (χ4v) is 2.66. The van der Waals surface area contributed by atoms with Crippen LogP contribution in [0.25, 0.3) is 5.41 Å².